The van der Waals surface area contributed by atoms with Crippen LogP contribution in [0.1, 0.15) is 6.92 Å². The number of rotatable bonds is 0. The highest BCUT2D eigenvalue weighted by Gasteiger charge is 1.57. The molecule has 0 heterocycles. The van der Waals surface area contributed by atoms with Crippen LogP contribution in [0.2, 0.25) is 0 Å². The fourth-order valence-corrected chi connectivity index (χ4v) is 0.385. The van der Waals surface area contributed by atoms with Crippen LogP contribution in [0.25, 0.3) is 0 Å². The van der Waals surface area contributed by atoms with Crippen LogP contribution >= 0.6 is 0 Å². The molecule has 0 aliphatic carbocycles. The van der Waals surface area contributed by atoms with Crippen molar-refractivity contribution in [1.29, 1.82) is 0 Å². The average Bonchev–Trinajstić information content (AvgIpc) is 2.27. The van der Waals surface area contributed by atoms with Crippen LogP contribution < -0.4 is 0 Å². The highest BCUT2D eigenvalue weighted by atomic mass is 17.0. The van der Waals surface area contributed by atoms with E-state index in [-0.39, 0.29) is 0 Å². The highest BCUT2D eigenvalue weighted by Crippen LogP contribution is 1.79. The van der Waals surface area contributed by atoms with Gasteiger partial charge in [0, 0.05) is 0 Å². The Morgan fingerprint density at radius 2 is 0.923 bits per heavy atom. The Morgan fingerprint density at radius 1 is 0.846 bits per heavy atom. The first kappa shape index (κ1) is 17.6. The zero-order chi connectivity index (χ0) is 10.9. The van der Waals surface area contributed by atoms with E-state index in [1.54, 1.807) is 6.08 Å². The van der Waals surface area contributed by atoms with Crippen molar-refractivity contribution in [2.24, 2.45) is 0 Å². The van der Waals surface area contributed by atoms with E-state index in [2.05, 4.69) is 19.7 Å². The lowest BCUT2D eigenvalue weighted by Gasteiger charge is -1.69. The van der Waals surface area contributed by atoms with Gasteiger partial charge in [0.2, 0.25) is 0 Å². The molecule has 0 spiro atoms. The molecule has 2 heteroatoms. The second kappa shape index (κ2) is 31.1. The van der Waals surface area contributed by atoms with E-state index in [9.17, 15) is 0 Å². The van der Waals surface area contributed by atoms with Gasteiger partial charge in [-0.05, 0) is 6.92 Å². The van der Waals surface area contributed by atoms with Gasteiger partial charge in [-0.25, -0.2) is 0 Å². The lowest BCUT2D eigenvalue weighted by Crippen LogP contribution is -1.47. The molecule has 1 aromatic rings. The Hall–Kier alpha value is -1.38. The largest absolute Gasteiger partial charge is 0.255 e. The van der Waals surface area contributed by atoms with Gasteiger partial charge in [-0.3, -0.25) is 10.5 Å². The Bertz CT molecular complexity index is 123. The Kier molecular flexibility index (Phi) is 42.2. The Labute approximate surface area is 80.4 Å². The third-order valence-corrected chi connectivity index (χ3v) is 0.667. The second-order valence-electron chi connectivity index (χ2n) is 1.56. The van der Waals surface area contributed by atoms with Crippen LogP contribution in [-0.4, -0.2) is 10.5 Å². The second-order valence-corrected chi connectivity index (χ2v) is 1.56. The van der Waals surface area contributed by atoms with Crippen LogP contribution in [0.4, 0.5) is 0 Å². The van der Waals surface area contributed by atoms with Gasteiger partial charge in [0.1, 0.15) is 0 Å². The minimum Gasteiger partial charge on any atom is -0.255 e. The standard InChI is InChI=1S/C6H6.C3H6.C2H4.H2O2/c1-2-4-6-5-3-1;1-3-2;2*1-2/h1-6H;3H,1H2,2H3;1-2H2;1-2H. The average molecular weight is 182 g/mol. The first-order chi connectivity index (χ1) is 6.41. The van der Waals surface area contributed by atoms with Crippen LogP contribution in [0, 0.1) is 0 Å². The third kappa shape index (κ3) is 37.0. The smallest absolute Gasteiger partial charge is 0.0473 e. The maximum Gasteiger partial charge on any atom is -0.0473 e. The van der Waals surface area contributed by atoms with E-state index in [0.717, 1.165) is 0 Å². The van der Waals surface area contributed by atoms with E-state index in [0.29, 0.717) is 0 Å². The van der Waals surface area contributed by atoms with E-state index in [1.165, 1.54) is 0 Å². The van der Waals surface area contributed by atoms with Crippen LogP contribution in [0.3, 0.4) is 0 Å². The first-order valence-electron chi connectivity index (χ1n) is 3.69. The van der Waals surface area contributed by atoms with Crippen molar-refractivity contribution in [2.45, 2.75) is 6.92 Å². The summed E-state index contributed by atoms with van der Waals surface area (Å²) in [6.45, 7) is 11.2. The van der Waals surface area contributed by atoms with Gasteiger partial charge >= 0.3 is 0 Å². The number of hydrogen-bond acceptors (Lipinski definition) is 2. The molecule has 0 aliphatic rings. The minimum absolute atomic E-state index is 1.75. The van der Waals surface area contributed by atoms with Gasteiger partial charge in [0.05, 0.1) is 0 Å². The molecule has 0 bridgehead atoms. The van der Waals surface area contributed by atoms with Crippen LogP contribution in [0.5, 0.6) is 0 Å². The molecule has 0 saturated carbocycles. The fourth-order valence-electron chi connectivity index (χ4n) is 0.385. The van der Waals surface area contributed by atoms with E-state index in [4.69, 9.17) is 10.5 Å². The monoisotopic (exact) mass is 182 g/mol. The first-order valence-corrected chi connectivity index (χ1v) is 3.69. The molecule has 1 aromatic carbocycles. The fraction of sp³-hybridized carbons (Fsp3) is 0.0909. The molecule has 0 radical (unpaired) electrons. The summed E-state index contributed by atoms with van der Waals surface area (Å²) in [7, 11) is 0. The van der Waals surface area contributed by atoms with Crippen molar-refractivity contribution in [3.8, 4) is 0 Å². The maximum absolute atomic E-state index is 6.00. The molecule has 2 N–H and O–H groups in total. The van der Waals surface area contributed by atoms with Gasteiger partial charge in [0.25, 0.3) is 0 Å². The summed E-state index contributed by atoms with van der Waals surface area (Å²) in [5.74, 6) is 0. The molecule has 0 saturated heterocycles. The topological polar surface area (TPSA) is 40.5 Å². The molecule has 74 valence electrons. The van der Waals surface area contributed by atoms with Crippen molar-refractivity contribution in [2.75, 3.05) is 0 Å². The summed E-state index contributed by atoms with van der Waals surface area (Å²) in [5, 5.41) is 12.0. The number of benzene rings is 1. The predicted octanol–water partition coefficient (Wildman–Crippen LogP) is 3.70. The normalized spacial score (nSPS) is 5.46. The van der Waals surface area contributed by atoms with E-state index in [1.807, 2.05) is 43.3 Å². The van der Waals surface area contributed by atoms with Crippen molar-refractivity contribution in [3.05, 3.63) is 62.2 Å². The summed E-state index contributed by atoms with van der Waals surface area (Å²) in [4.78, 5) is 0. The summed E-state index contributed by atoms with van der Waals surface area (Å²) in [6.07, 6.45) is 1.75. The van der Waals surface area contributed by atoms with Crippen LogP contribution in [0.15, 0.2) is 62.2 Å². The molecule has 0 aromatic heterocycles. The van der Waals surface area contributed by atoms with Gasteiger partial charge in [0.15, 0.2) is 0 Å². The Morgan fingerprint density at radius 3 is 1.00 bits per heavy atom. The SMILES string of the molecule is C=C.C=CC.OO.c1ccccc1. The van der Waals surface area contributed by atoms with Crippen molar-refractivity contribution in [3.63, 3.8) is 0 Å². The van der Waals surface area contributed by atoms with Gasteiger partial charge in [-0.2, -0.15) is 0 Å². The predicted molar refractivity (Wildman–Crippen MR) is 58.8 cm³/mol. The molecule has 0 atom stereocenters. The Balaban J connectivity index is -0.000000124. The molecule has 1 rings (SSSR count). The zero-order valence-corrected chi connectivity index (χ0v) is 8.06. The minimum atomic E-state index is 1.75. The molecule has 0 aliphatic heterocycles. The number of hydrogen-bond donors (Lipinski definition) is 2. The van der Waals surface area contributed by atoms with Crippen LogP contribution in [-0.2, 0) is 0 Å². The molecule has 0 unspecified atom stereocenters. The van der Waals surface area contributed by atoms with Crippen molar-refractivity contribution >= 4 is 0 Å². The van der Waals surface area contributed by atoms with Gasteiger partial charge in [-0.15, -0.1) is 19.7 Å². The molecular weight excluding hydrogens is 164 g/mol. The summed E-state index contributed by atoms with van der Waals surface area (Å²) < 4.78 is 0. The summed E-state index contributed by atoms with van der Waals surface area (Å²) in [5.41, 5.74) is 0. The number of allylic oxidation sites excluding steroid dienone is 1. The van der Waals surface area contributed by atoms with Gasteiger partial charge < -0.3 is 0 Å². The third-order valence-electron chi connectivity index (χ3n) is 0.667. The summed E-state index contributed by atoms with van der Waals surface area (Å²) >= 11 is 0. The molecule has 2 nitrogen and oxygen atoms in total. The highest BCUT2D eigenvalue weighted by molar-refractivity contribution is 4.99. The molecule has 0 fully saturated rings. The maximum atomic E-state index is 6.00. The lowest BCUT2D eigenvalue weighted by molar-refractivity contribution is -0.176. The van der Waals surface area contributed by atoms with Crippen molar-refractivity contribution in [1.82, 2.24) is 0 Å². The van der Waals surface area contributed by atoms with E-state index >= 15 is 0 Å². The molecule has 13 heavy (non-hydrogen) atoms. The molecular formula is C11H18O2. The summed E-state index contributed by atoms with van der Waals surface area (Å²) in [6, 6.07) is 12.0. The quantitative estimate of drug-likeness (QED) is 0.365. The van der Waals surface area contributed by atoms with Crippen molar-refractivity contribution < 1.29 is 10.5 Å². The van der Waals surface area contributed by atoms with Gasteiger partial charge in [-0.1, -0.05) is 42.5 Å². The molecule has 0 amide bonds. The van der Waals surface area contributed by atoms with E-state index < -0.39 is 0 Å². The zero-order valence-electron chi connectivity index (χ0n) is 8.06. The lowest BCUT2D eigenvalue weighted by atomic mass is 10.4.